The highest BCUT2D eigenvalue weighted by atomic mass is 35.5. The van der Waals surface area contributed by atoms with Crippen LogP contribution < -0.4 is 0 Å². The molecule has 1 aliphatic heterocycles. The van der Waals surface area contributed by atoms with Gasteiger partial charge in [0.15, 0.2) is 5.76 Å². The number of nitrogens with zero attached hydrogens (tertiary/aromatic N) is 1. The van der Waals surface area contributed by atoms with Gasteiger partial charge in [0.25, 0.3) is 5.91 Å². The Hall–Kier alpha value is -3.09. The normalized spacial score (nSPS) is 16.6. The number of sulfone groups is 1. The molecule has 1 heterocycles. The molecule has 0 unspecified atom stereocenters. The van der Waals surface area contributed by atoms with E-state index in [1.165, 1.54) is 17.0 Å². The molecule has 164 valence electrons. The summed E-state index contributed by atoms with van der Waals surface area (Å²) in [4.78, 5) is 14.2. The SMILES string of the molecule is CCc1ccc([C@H]2C(S(=O)(=O)c3ccccc3)=C(O)C(=O)N2Cc2ccc(Cl)cc2)cc1. The minimum Gasteiger partial charge on any atom is -0.502 e. The van der Waals surface area contributed by atoms with Crippen LogP contribution in [0.3, 0.4) is 0 Å². The number of halogens is 1. The summed E-state index contributed by atoms with van der Waals surface area (Å²) in [5.74, 6) is -1.47. The van der Waals surface area contributed by atoms with Crippen LogP contribution in [0.25, 0.3) is 0 Å². The summed E-state index contributed by atoms with van der Waals surface area (Å²) in [5.41, 5.74) is 2.47. The van der Waals surface area contributed by atoms with Crippen molar-refractivity contribution >= 4 is 27.3 Å². The Morgan fingerprint density at radius 2 is 1.50 bits per heavy atom. The van der Waals surface area contributed by atoms with E-state index in [0.29, 0.717) is 10.6 Å². The predicted octanol–water partition coefficient (Wildman–Crippen LogP) is 5.23. The van der Waals surface area contributed by atoms with E-state index >= 15 is 0 Å². The van der Waals surface area contributed by atoms with Crippen LogP contribution in [0.2, 0.25) is 5.02 Å². The highest BCUT2D eigenvalue weighted by Gasteiger charge is 2.46. The number of carbonyl (C=O) groups is 1. The van der Waals surface area contributed by atoms with Crippen molar-refractivity contribution in [1.29, 1.82) is 0 Å². The molecule has 0 aromatic heterocycles. The van der Waals surface area contributed by atoms with E-state index in [2.05, 4.69) is 0 Å². The van der Waals surface area contributed by atoms with Crippen molar-refractivity contribution in [1.82, 2.24) is 4.90 Å². The largest absolute Gasteiger partial charge is 0.502 e. The van der Waals surface area contributed by atoms with Gasteiger partial charge < -0.3 is 10.0 Å². The first kappa shape index (κ1) is 22.1. The third kappa shape index (κ3) is 4.04. The Balaban J connectivity index is 1.84. The number of aryl methyl sites for hydroxylation is 1. The van der Waals surface area contributed by atoms with E-state index in [-0.39, 0.29) is 16.3 Å². The van der Waals surface area contributed by atoms with E-state index in [9.17, 15) is 18.3 Å². The molecule has 0 aliphatic carbocycles. The molecule has 0 bridgehead atoms. The Morgan fingerprint density at radius 3 is 2.09 bits per heavy atom. The summed E-state index contributed by atoms with van der Waals surface area (Å²) in [7, 11) is -4.12. The lowest BCUT2D eigenvalue weighted by Crippen LogP contribution is -2.30. The molecule has 0 fully saturated rings. The summed E-state index contributed by atoms with van der Waals surface area (Å²) in [5, 5.41) is 11.3. The molecule has 4 rings (SSSR count). The second-order valence-electron chi connectivity index (χ2n) is 7.59. The van der Waals surface area contributed by atoms with Crippen molar-refractivity contribution in [3.63, 3.8) is 0 Å². The van der Waals surface area contributed by atoms with Crippen LogP contribution in [0.15, 0.2) is 94.4 Å². The Bertz CT molecular complexity index is 1270. The van der Waals surface area contributed by atoms with Crippen molar-refractivity contribution < 1.29 is 18.3 Å². The zero-order valence-electron chi connectivity index (χ0n) is 17.4. The number of hydrogen-bond donors (Lipinski definition) is 1. The van der Waals surface area contributed by atoms with Gasteiger partial charge in [-0.2, -0.15) is 0 Å². The van der Waals surface area contributed by atoms with Crippen molar-refractivity contribution in [3.8, 4) is 0 Å². The van der Waals surface area contributed by atoms with Crippen LogP contribution in [0.1, 0.15) is 29.7 Å². The third-order valence-corrected chi connectivity index (χ3v) is 7.71. The van der Waals surface area contributed by atoms with Gasteiger partial charge in [-0.25, -0.2) is 8.42 Å². The molecule has 1 amide bonds. The molecule has 0 spiro atoms. The maximum Gasteiger partial charge on any atom is 0.290 e. The Labute approximate surface area is 192 Å². The van der Waals surface area contributed by atoms with Gasteiger partial charge in [0, 0.05) is 11.6 Å². The quantitative estimate of drug-likeness (QED) is 0.538. The second-order valence-corrected chi connectivity index (χ2v) is 9.94. The van der Waals surface area contributed by atoms with Gasteiger partial charge in [-0.15, -0.1) is 0 Å². The molecule has 0 saturated heterocycles. The van der Waals surface area contributed by atoms with E-state index in [1.54, 1.807) is 42.5 Å². The lowest BCUT2D eigenvalue weighted by atomic mass is 10.0. The number of aliphatic hydroxyl groups excluding tert-OH is 1. The molecule has 1 N–H and O–H groups in total. The van der Waals surface area contributed by atoms with Crippen LogP contribution in [-0.2, 0) is 27.6 Å². The average Bonchev–Trinajstić information content (AvgIpc) is 3.06. The third-order valence-electron chi connectivity index (χ3n) is 5.57. The number of carbonyl (C=O) groups excluding carboxylic acids is 1. The van der Waals surface area contributed by atoms with Crippen molar-refractivity contribution in [2.75, 3.05) is 0 Å². The maximum atomic E-state index is 13.5. The van der Waals surface area contributed by atoms with Crippen LogP contribution in [0, 0.1) is 0 Å². The Morgan fingerprint density at radius 1 is 0.906 bits per heavy atom. The first-order valence-electron chi connectivity index (χ1n) is 10.2. The second kappa shape index (κ2) is 8.81. The van der Waals surface area contributed by atoms with E-state index < -0.39 is 27.5 Å². The van der Waals surface area contributed by atoms with Crippen LogP contribution in [0.4, 0.5) is 0 Å². The molecule has 5 nitrogen and oxygen atoms in total. The van der Waals surface area contributed by atoms with E-state index in [0.717, 1.165) is 17.5 Å². The molecular formula is C25H22ClNO4S. The smallest absolute Gasteiger partial charge is 0.290 e. The fraction of sp³-hybridized carbons (Fsp3) is 0.160. The van der Waals surface area contributed by atoms with Crippen LogP contribution in [0.5, 0.6) is 0 Å². The van der Waals surface area contributed by atoms with Crippen molar-refractivity contribution in [2.24, 2.45) is 0 Å². The molecule has 1 aliphatic rings. The molecule has 0 saturated carbocycles. The van der Waals surface area contributed by atoms with Gasteiger partial charge in [0.05, 0.1) is 10.9 Å². The fourth-order valence-electron chi connectivity index (χ4n) is 3.85. The highest BCUT2D eigenvalue weighted by Crippen LogP contribution is 2.43. The standard InChI is InChI=1S/C25H22ClNO4S/c1-2-17-8-12-19(13-9-17)22-24(32(30,31)21-6-4-3-5-7-21)23(28)25(29)27(22)16-18-10-14-20(26)15-11-18/h3-15,22,28H,2,16H2,1H3/t22-/m0/s1. The predicted molar refractivity (Wildman–Crippen MR) is 124 cm³/mol. The minimum atomic E-state index is -4.12. The van der Waals surface area contributed by atoms with Gasteiger partial charge in [-0.05, 0) is 47.4 Å². The number of hydrogen-bond acceptors (Lipinski definition) is 4. The summed E-state index contributed by atoms with van der Waals surface area (Å²) < 4.78 is 27.1. The number of aliphatic hydroxyl groups is 1. The number of benzene rings is 3. The van der Waals surface area contributed by atoms with Crippen LogP contribution in [-0.4, -0.2) is 24.3 Å². The lowest BCUT2D eigenvalue weighted by Gasteiger charge is -2.27. The van der Waals surface area contributed by atoms with Crippen molar-refractivity contribution in [3.05, 3.63) is 111 Å². The highest BCUT2D eigenvalue weighted by molar-refractivity contribution is 7.95. The lowest BCUT2D eigenvalue weighted by molar-refractivity contribution is -0.130. The monoisotopic (exact) mass is 467 g/mol. The molecule has 1 atom stereocenters. The van der Waals surface area contributed by atoms with Crippen molar-refractivity contribution in [2.45, 2.75) is 30.8 Å². The minimum absolute atomic E-state index is 0.0258. The number of amides is 1. The molecule has 7 heteroatoms. The number of rotatable bonds is 6. The Kier molecular flexibility index (Phi) is 6.09. The van der Waals surface area contributed by atoms with Gasteiger partial charge in [0.1, 0.15) is 4.91 Å². The van der Waals surface area contributed by atoms with E-state index in [4.69, 9.17) is 11.6 Å². The van der Waals surface area contributed by atoms with Gasteiger partial charge in [0.2, 0.25) is 9.84 Å². The zero-order valence-corrected chi connectivity index (χ0v) is 19.0. The fourth-order valence-corrected chi connectivity index (χ4v) is 5.64. The van der Waals surface area contributed by atoms with Gasteiger partial charge in [-0.3, -0.25) is 4.79 Å². The molecule has 32 heavy (non-hydrogen) atoms. The van der Waals surface area contributed by atoms with E-state index in [1.807, 2.05) is 31.2 Å². The molecular weight excluding hydrogens is 446 g/mol. The maximum absolute atomic E-state index is 13.5. The summed E-state index contributed by atoms with van der Waals surface area (Å²) in [6.45, 7) is 2.14. The zero-order chi connectivity index (χ0) is 22.9. The molecule has 0 radical (unpaired) electrons. The first-order valence-corrected chi connectivity index (χ1v) is 12.1. The van der Waals surface area contributed by atoms with Crippen LogP contribution >= 0.6 is 11.6 Å². The summed E-state index contributed by atoms with van der Waals surface area (Å²) in [6, 6.07) is 21.3. The summed E-state index contributed by atoms with van der Waals surface area (Å²) >= 11 is 5.98. The molecule has 3 aromatic carbocycles. The topological polar surface area (TPSA) is 74.7 Å². The molecule has 3 aromatic rings. The van der Waals surface area contributed by atoms with Gasteiger partial charge in [-0.1, -0.05) is 73.1 Å². The van der Waals surface area contributed by atoms with Gasteiger partial charge >= 0.3 is 0 Å². The average molecular weight is 468 g/mol. The summed E-state index contributed by atoms with van der Waals surface area (Å²) in [6.07, 6.45) is 0.828. The first-order chi connectivity index (χ1) is 15.3.